The van der Waals surface area contributed by atoms with E-state index in [-0.39, 0.29) is 0 Å². The Labute approximate surface area is 200 Å². The predicted octanol–water partition coefficient (Wildman–Crippen LogP) is 5.43. The van der Waals surface area contributed by atoms with E-state index in [0.29, 0.717) is 36.2 Å². The van der Waals surface area contributed by atoms with Crippen LogP contribution in [0.3, 0.4) is 0 Å². The SMILES string of the molecule is COc1ccc(CN2C(=O)CCC3CN(CCC4=C(C)CCCC4(C)C)CCC32)cc1OC. The summed E-state index contributed by atoms with van der Waals surface area (Å²) in [7, 11) is 3.31. The summed E-state index contributed by atoms with van der Waals surface area (Å²) in [5.41, 5.74) is 4.79. The van der Waals surface area contributed by atoms with Gasteiger partial charge in [0.25, 0.3) is 0 Å². The summed E-state index contributed by atoms with van der Waals surface area (Å²) < 4.78 is 10.8. The molecule has 2 saturated heterocycles. The molecule has 33 heavy (non-hydrogen) atoms. The Bertz CT molecular complexity index is 891. The zero-order valence-corrected chi connectivity index (χ0v) is 21.3. The van der Waals surface area contributed by atoms with Gasteiger partial charge in [-0.05, 0) is 74.5 Å². The minimum atomic E-state index is 0.296. The number of carbonyl (C=O) groups is 1. The van der Waals surface area contributed by atoms with Crippen LogP contribution in [0.1, 0.15) is 71.3 Å². The number of methoxy groups -OCH3 is 2. The van der Waals surface area contributed by atoms with Gasteiger partial charge in [0.1, 0.15) is 0 Å². The normalized spacial score (nSPS) is 25.7. The van der Waals surface area contributed by atoms with Crippen LogP contribution in [0.15, 0.2) is 29.3 Å². The van der Waals surface area contributed by atoms with Gasteiger partial charge in [-0.3, -0.25) is 4.79 Å². The number of likely N-dealkylation sites (tertiary alicyclic amines) is 2. The molecule has 5 heteroatoms. The van der Waals surface area contributed by atoms with Crippen LogP contribution in [-0.4, -0.2) is 55.6 Å². The third kappa shape index (κ3) is 5.24. The van der Waals surface area contributed by atoms with Gasteiger partial charge in [-0.25, -0.2) is 0 Å². The second-order valence-electron chi connectivity index (χ2n) is 10.9. The molecule has 2 atom stereocenters. The van der Waals surface area contributed by atoms with Gasteiger partial charge in [0, 0.05) is 38.6 Å². The summed E-state index contributed by atoms with van der Waals surface area (Å²) in [5, 5.41) is 0. The molecule has 1 amide bonds. The van der Waals surface area contributed by atoms with Crippen LogP contribution in [-0.2, 0) is 11.3 Å². The number of hydrogen-bond acceptors (Lipinski definition) is 4. The van der Waals surface area contributed by atoms with E-state index in [0.717, 1.165) is 49.5 Å². The van der Waals surface area contributed by atoms with Gasteiger partial charge in [-0.2, -0.15) is 0 Å². The van der Waals surface area contributed by atoms with Crippen LogP contribution >= 0.6 is 0 Å². The van der Waals surface area contributed by atoms with Gasteiger partial charge < -0.3 is 19.3 Å². The zero-order valence-electron chi connectivity index (χ0n) is 21.3. The summed E-state index contributed by atoms with van der Waals surface area (Å²) in [4.78, 5) is 17.7. The number of allylic oxidation sites excluding steroid dienone is 1. The van der Waals surface area contributed by atoms with Crippen molar-refractivity contribution < 1.29 is 14.3 Å². The fourth-order valence-electron chi connectivity index (χ4n) is 6.51. The lowest BCUT2D eigenvalue weighted by Crippen LogP contribution is -2.55. The maximum absolute atomic E-state index is 12.9. The van der Waals surface area contributed by atoms with Crippen molar-refractivity contribution in [3.8, 4) is 11.5 Å². The Hall–Kier alpha value is -2.01. The van der Waals surface area contributed by atoms with Crippen LogP contribution < -0.4 is 9.47 Å². The fraction of sp³-hybridized carbons (Fsp3) is 0.679. The van der Waals surface area contributed by atoms with Crippen molar-refractivity contribution in [2.75, 3.05) is 33.9 Å². The second-order valence-corrected chi connectivity index (χ2v) is 10.9. The van der Waals surface area contributed by atoms with Gasteiger partial charge in [-0.15, -0.1) is 0 Å². The fourth-order valence-corrected chi connectivity index (χ4v) is 6.51. The lowest BCUT2D eigenvalue weighted by atomic mass is 9.71. The average molecular weight is 455 g/mol. The molecule has 3 aliphatic rings. The minimum Gasteiger partial charge on any atom is -0.493 e. The first kappa shape index (κ1) is 24.1. The molecule has 182 valence electrons. The Balaban J connectivity index is 1.39. The van der Waals surface area contributed by atoms with Crippen LogP contribution in [0.2, 0.25) is 0 Å². The van der Waals surface area contributed by atoms with E-state index in [9.17, 15) is 4.79 Å². The smallest absolute Gasteiger partial charge is 0.223 e. The number of fused-ring (bicyclic) bond motifs is 1. The van der Waals surface area contributed by atoms with Crippen molar-refractivity contribution in [3.05, 3.63) is 34.9 Å². The third-order valence-electron chi connectivity index (χ3n) is 8.39. The van der Waals surface area contributed by atoms with Crippen molar-refractivity contribution >= 4 is 5.91 Å². The lowest BCUT2D eigenvalue weighted by molar-refractivity contribution is -0.142. The Morgan fingerprint density at radius 3 is 2.61 bits per heavy atom. The first-order valence-electron chi connectivity index (χ1n) is 12.7. The van der Waals surface area contributed by atoms with Crippen LogP contribution in [0, 0.1) is 11.3 Å². The zero-order chi connectivity index (χ0) is 23.6. The van der Waals surface area contributed by atoms with Crippen LogP contribution in [0.4, 0.5) is 0 Å². The first-order chi connectivity index (χ1) is 15.8. The van der Waals surface area contributed by atoms with Crippen LogP contribution in [0.5, 0.6) is 11.5 Å². The monoisotopic (exact) mass is 454 g/mol. The molecular formula is C28H42N2O3. The molecule has 5 nitrogen and oxygen atoms in total. The Morgan fingerprint density at radius 2 is 1.88 bits per heavy atom. The van der Waals surface area contributed by atoms with E-state index in [2.05, 4.69) is 36.6 Å². The number of amides is 1. The molecule has 1 aromatic carbocycles. The van der Waals surface area contributed by atoms with E-state index in [1.165, 1.54) is 25.7 Å². The van der Waals surface area contributed by atoms with E-state index in [1.807, 2.05) is 12.1 Å². The Kier molecular flexibility index (Phi) is 7.37. The first-order valence-corrected chi connectivity index (χ1v) is 12.7. The largest absolute Gasteiger partial charge is 0.493 e. The Morgan fingerprint density at radius 1 is 1.09 bits per heavy atom. The maximum atomic E-state index is 12.9. The number of piperidine rings is 2. The number of rotatable bonds is 7. The van der Waals surface area contributed by atoms with Crippen LogP contribution in [0.25, 0.3) is 0 Å². The summed E-state index contributed by atoms with van der Waals surface area (Å²) in [5.74, 6) is 2.32. The van der Waals surface area contributed by atoms with Crippen molar-refractivity contribution in [2.24, 2.45) is 11.3 Å². The number of benzene rings is 1. The molecule has 2 heterocycles. The van der Waals surface area contributed by atoms with Crippen molar-refractivity contribution in [2.45, 2.75) is 78.3 Å². The van der Waals surface area contributed by atoms with Gasteiger partial charge in [0.2, 0.25) is 5.91 Å². The van der Waals surface area contributed by atoms with Gasteiger partial charge in [-0.1, -0.05) is 31.1 Å². The lowest BCUT2D eigenvalue weighted by Gasteiger charge is -2.47. The maximum Gasteiger partial charge on any atom is 0.223 e. The molecule has 0 spiro atoms. The summed E-state index contributed by atoms with van der Waals surface area (Å²) in [6.07, 6.45) is 7.89. The topological polar surface area (TPSA) is 42.0 Å². The van der Waals surface area contributed by atoms with Gasteiger partial charge in [0.15, 0.2) is 11.5 Å². The summed E-state index contributed by atoms with van der Waals surface area (Å²) >= 11 is 0. The van der Waals surface area contributed by atoms with E-state index >= 15 is 0 Å². The standard InChI is InChI=1S/C28H42N2O3/c1-20-7-6-14-28(2,3)23(20)12-15-29-16-13-24-22(19-29)9-11-27(31)30(24)18-21-8-10-25(32-4)26(17-21)33-5/h8,10,17,22,24H,6-7,9,11-16,18-19H2,1-5H3. The quantitative estimate of drug-likeness (QED) is 0.515. The molecule has 2 aliphatic heterocycles. The number of ether oxygens (including phenoxy) is 2. The number of nitrogens with zero attached hydrogens (tertiary/aromatic N) is 2. The van der Waals surface area contributed by atoms with Crippen molar-refractivity contribution in [3.63, 3.8) is 0 Å². The summed E-state index contributed by atoms with van der Waals surface area (Å²) in [6.45, 7) is 11.2. The highest BCUT2D eigenvalue weighted by molar-refractivity contribution is 5.77. The van der Waals surface area contributed by atoms with Crippen molar-refractivity contribution in [1.29, 1.82) is 0 Å². The van der Waals surface area contributed by atoms with E-state index in [1.54, 1.807) is 25.4 Å². The number of hydrogen-bond donors (Lipinski definition) is 0. The molecule has 0 N–H and O–H groups in total. The average Bonchev–Trinajstić information content (AvgIpc) is 2.80. The van der Waals surface area contributed by atoms with Gasteiger partial charge >= 0.3 is 0 Å². The molecule has 0 radical (unpaired) electrons. The molecular weight excluding hydrogens is 412 g/mol. The molecule has 0 aromatic heterocycles. The molecule has 1 aromatic rings. The molecule has 2 fully saturated rings. The molecule has 0 bridgehead atoms. The van der Waals surface area contributed by atoms with Crippen molar-refractivity contribution in [1.82, 2.24) is 9.80 Å². The third-order valence-corrected chi connectivity index (χ3v) is 8.39. The predicted molar refractivity (Wildman–Crippen MR) is 133 cm³/mol. The molecule has 0 saturated carbocycles. The second kappa shape index (κ2) is 10.1. The van der Waals surface area contributed by atoms with E-state index < -0.39 is 0 Å². The van der Waals surface area contributed by atoms with E-state index in [4.69, 9.17) is 9.47 Å². The number of carbonyl (C=O) groups excluding carboxylic acids is 1. The molecule has 4 rings (SSSR count). The molecule has 1 aliphatic carbocycles. The van der Waals surface area contributed by atoms with Gasteiger partial charge in [0.05, 0.1) is 14.2 Å². The molecule has 2 unspecified atom stereocenters. The minimum absolute atomic E-state index is 0.296. The highest BCUT2D eigenvalue weighted by atomic mass is 16.5. The highest BCUT2D eigenvalue weighted by Gasteiger charge is 2.39. The highest BCUT2D eigenvalue weighted by Crippen LogP contribution is 2.42. The summed E-state index contributed by atoms with van der Waals surface area (Å²) in [6, 6.07) is 6.34.